The molecule has 130 valence electrons. The second-order valence-electron chi connectivity index (χ2n) is 6.15. The number of nitrogens with zero attached hydrogens (tertiary/aromatic N) is 4. The molecule has 0 fully saturated rings. The molecular weight excluding hydrogens is 326 g/mol. The third-order valence-corrected chi connectivity index (χ3v) is 4.37. The summed E-state index contributed by atoms with van der Waals surface area (Å²) in [5, 5.41) is 2.92. The molecule has 2 aromatic heterocycles. The lowest BCUT2D eigenvalue weighted by atomic mass is 10.3. The molecule has 0 aliphatic rings. The number of nitrogens with one attached hydrogen (secondary N) is 1. The van der Waals surface area contributed by atoms with Gasteiger partial charge in [-0.15, -0.1) is 0 Å². The molecule has 26 heavy (non-hydrogen) atoms. The second kappa shape index (κ2) is 6.92. The fourth-order valence-corrected chi connectivity index (χ4v) is 3.07. The summed E-state index contributed by atoms with van der Waals surface area (Å²) >= 11 is 0. The number of hydrogen-bond donors (Lipinski definition) is 1. The zero-order valence-electron chi connectivity index (χ0n) is 14.5. The van der Waals surface area contributed by atoms with Gasteiger partial charge in [0.1, 0.15) is 11.5 Å². The van der Waals surface area contributed by atoms with Crippen LogP contribution in [0, 0.1) is 6.92 Å². The molecule has 2 heterocycles. The van der Waals surface area contributed by atoms with Crippen molar-refractivity contribution < 1.29 is 4.79 Å². The van der Waals surface area contributed by atoms with Gasteiger partial charge in [-0.1, -0.05) is 24.3 Å². The highest BCUT2D eigenvalue weighted by atomic mass is 16.1. The van der Waals surface area contributed by atoms with Gasteiger partial charge in [0.15, 0.2) is 0 Å². The number of carbonyl (C=O) groups excluding carboxylic acids is 1. The van der Waals surface area contributed by atoms with Gasteiger partial charge in [-0.3, -0.25) is 9.78 Å². The molecule has 1 amide bonds. The zero-order valence-corrected chi connectivity index (χ0v) is 14.5. The summed E-state index contributed by atoms with van der Waals surface area (Å²) < 4.78 is 2.18. The average Bonchev–Trinajstić information content (AvgIpc) is 3.00. The minimum atomic E-state index is -0.199. The van der Waals surface area contributed by atoms with Crippen LogP contribution in [0.2, 0.25) is 0 Å². The molecule has 6 nitrogen and oxygen atoms in total. The number of benzene rings is 2. The number of aryl methyl sites for hydroxylation is 2. The Hall–Kier alpha value is -3.28. The standard InChI is InChI=1S/C20H19N5O/c1-14-23-17-9-4-5-10-19(17)25(14)12-6-11-21-20(26)18-13-22-15-7-2-3-8-16(15)24-18/h2-5,7-10,13H,6,11-12H2,1H3,(H,21,26). The summed E-state index contributed by atoms with van der Waals surface area (Å²) in [5.74, 6) is 0.786. The predicted molar refractivity (Wildman–Crippen MR) is 101 cm³/mol. The maximum absolute atomic E-state index is 12.3. The molecule has 2 aromatic carbocycles. The molecule has 0 saturated heterocycles. The fourth-order valence-electron chi connectivity index (χ4n) is 3.07. The monoisotopic (exact) mass is 345 g/mol. The molecule has 6 heteroatoms. The lowest BCUT2D eigenvalue weighted by molar-refractivity contribution is 0.0948. The Morgan fingerprint density at radius 1 is 1.00 bits per heavy atom. The van der Waals surface area contributed by atoms with E-state index in [4.69, 9.17) is 0 Å². The van der Waals surface area contributed by atoms with E-state index in [0.717, 1.165) is 40.9 Å². The van der Waals surface area contributed by atoms with Crippen molar-refractivity contribution in [1.82, 2.24) is 24.8 Å². The molecule has 0 spiro atoms. The van der Waals surface area contributed by atoms with Gasteiger partial charge in [0.25, 0.3) is 5.91 Å². The number of carbonyl (C=O) groups is 1. The van der Waals surface area contributed by atoms with Crippen LogP contribution >= 0.6 is 0 Å². The quantitative estimate of drug-likeness (QED) is 0.564. The van der Waals surface area contributed by atoms with Gasteiger partial charge >= 0.3 is 0 Å². The number of para-hydroxylation sites is 4. The largest absolute Gasteiger partial charge is 0.351 e. The number of hydrogen-bond acceptors (Lipinski definition) is 4. The number of amides is 1. The second-order valence-corrected chi connectivity index (χ2v) is 6.15. The van der Waals surface area contributed by atoms with Crippen molar-refractivity contribution in [3.05, 3.63) is 66.2 Å². The third kappa shape index (κ3) is 3.13. The van der Waals surface area contributed by atoms with Gasteiger partial charge in [0.2, 0.25) is 0 Å². The third-order valence-electron chi connectivity index (χ3n) is 4.37. The van der Waals surface area contributed by atoms with Crippen LogP contribution in [0.1, 0.15) is 22.7 Å². The maximum atomic E-state index is 12.3. The van der Waals surface area contributed by atoms with Crippen LogP contribution in [0.4, 0.5) is 0 Å². The van der Waals surface area contributed by atoms with Crippen molar-refractivity contribution in [2.75, 3.05) is 6.54 Å². The van der Waals surface area contributed by atoms with Crippen LogP contribution in [-0.2, 0) is 6.54 Å². The maximum Gasteiger partial charge on any atom is 0.271 e. The van der Waals surface area contributed by atoms with Gasteiger partial charge in [-0.05, 0) is 37.6 Å². The first-order valence-electron chi connectivity index (χ1n) is 8.64. The van der Waals surface area contributed by atoms with E-state index in [1.807, 2.05) is 49.4 Å². The van der Waals surface area contributed by atoms with E-state index in [1.54, 1.807) is 0 Å². The molecule has 0 saturated carbocycles. The van der Waals surface area contributed by atoms with E-state index in [0.29, 0.717) is 12.2 Å². The Morgan fingerprint density at radius 3 is 2.58 bits per heavy atom. The summed E-state index contributed by atoms with van der Waals surface area (Å²) in [6.07, 6.45) is 2.33. The Labute approximate surface area is 150 Å². The van der Waals surface area contributed by atoms with E-state index in [9.17, 15) is 4.79 Å². The fraction of sp³-hybridized carbons (Fsp3) is 0.200. The molecule has 0 atom stereocenters. The number of fused-ring (bicyclic) bond motifs is 2. The topological polar surface area (TPSA) is 72.7 Å². The summed E-state index contributed by atoms with van der Waals surface area (Å²) in [6.45, 7) is 3.37. The smallest absolute Gasteiger partial charge is 0.271 e. The first kappa shape index (κ1) is 16.2. The Kier molecular flexibility index (Phi) is 4.31. The van der Waals surface area contributed by atoms with Gasteiger partial charge < -0.3 is 9.88 Å². The lowest BCUT2D eigenvalue weighted by Crippen LogP contribution is -2.26. The lowest BCUT2D eigenvalue weighted by Gasteiger charge is -2.08. The minimum Gasteiger partial charge on any atom is -0.351 e. The van der Waals surface area contributed by atoms with Crippen LogP contribution in [0.15, 0.2) is 54.7 Å². The van der Waals surface area contributed by atoms with Crippen LogP contribution in [0.25, 0.3) is 22.1 Å². The summed E-state index contributed by atoms with van der Waals surface area (Å²) in [7, 11) is 0. The zero-order chi connectivity index (χ0) is 17.9. The normalized spacial score (nSPS) is 11.1. The SMILES string of the molecule is Cc1nc2ccccc2n1CCCNC(=O)c1cnc2ccccc2n1. The molecule has 0 radical (unpaired) electrons. The van der Waals surface area contributed by atoms with Crippen LogP contribution < -0.4 is 5.32 Å². The predicted octanol–water partition coefficient (Wildman–Crippen LogP) is 3.11. The van der Waals surface area contributed by atoms with Crippen LogP contribution in [0.5, 0.6) is 0 Å². The minimum absolute atomic E-state index is 0.199. The van der Waals surface area contributed by atoms with Gasteiger partial charge in [-0.2, -0.15) is 0 Å². The highest BCUT2D eigenvalue weighted by Gasteiger charge is 2.09. The first-order chi connectivity index (χ1) is 12.7. The Balaban J connectivity index is 1.38. The van der Waals surface area contributed by atoms with E-state index < -0.39 is 0 Å². The molecule has 0 unspecified atom stereocenters. The van der Waals surface area contributed by atoms with Gasteiger partial charge in [-0.25, -0.2) is 9.97 Å². The summed E-state index contributed by atoms with van der Waals surface area (Å²) in [5.41, 5.74) is 3.97. The van der Waals surface area contributed by atoms with Crippen molar-refractivity contribution in [1.29, 1.82) is 0 Å². The van der Waals surface area contributed by atoms with Crippen LogP contribution in [-0.4, -0.2) is 32.0 Å². The molecular formula is C20H19N5O. The van der Waals surface area contributed by atoms with Crippen molar-refractivity contribution in [3.63, 3.8) is 0 Å². The Morgan fingerprint density at radius 2 is 1.73 bits per heavy atom. The molecule has 0 aliphatic carbocycles. The molecule has 4 rings (SSSR count). The van der Waals surface area contributed by atoms with Crippen molar-refractivity contribution in [2.24, 2.45) is 0 Å². The number of imidazole rings is 1. The first-order valence-corrected chi connectivity index (χ1v) is 8.64. The van der Waals surface area contributed by atoms with E-state index >= 15 is 0 Å². The van der Waals surface area contributed by atoms with E-state index in [1.165, 1.54) is 6.20 Å². The Bertz CT molecular complexity index is 1090. The van der Waals surface area contributed by atoms with E-state index in [2.05, 4.69) is 30.9 Å². The molecule has 0 aliphatic heterocycles. The summed E-state index contributed by atoms with van der Waals surface area (Å²) in [6, 6.07) is 15.6. The highest BCUT2D eigenvalue weighted by Crippen LogP contribution is 2.15. The molecule has 1 N–H and O–H groups in total. The highest BCUT2D eigenvalue weighted by molar-refractivity contribution is 5.93. The summed E-state index contributed by atoms with van der Waals surface area (Å²) in [4.78, 5) is 25.5. The molecule has 0 bridgehead atoms. The van der Waals surface area contributed by atoms with Gasteiger partial charge in [0, 0.05) is 13.1 Å². The average molecular weight is 345 g/mol. The van der Waals surface area contributed by atoms with Crippen molar-refractivity contribution in [2.45, 2.75) is 19.9 Å². The number of aromatic nitrogens is 4. The van der Waals surface area contributed by atoms with Crippen molar-refractivity contribution in [3.8, 4) is 0 Å². The molecule has 4 aromatic rings. The van der Waals surface area contributed by atoms with E-state index in [-0.39, 0.29) is 5.91 Å². The number of rotatable bonds is 5. The van der Waals surface area contributed by atoms with Crippen molar-refractivity contribution >= 4 is 28.0 Å². The van der Waals surface area contributed by atoms with Gasteiger partial charge in [0.05, 0.1) is 28.3 Å². The van der Waals surface area contributed by atoms with Crippen LogP contribution in [0.3, 0.4) is 0 Å².